The van der Waals surface area contributed by atoms with E-state index in [1.165, 1.54) is 5.56 Å². The number of carbonyl (C=O) groups is 2. The predicted molar refractivity (Wildman–Crippen MR) is 162 cm³/mol. The van der Waals surface area contributed by atoms with Gasteiger partial charge in [0, 0.05) is 63.4 Å². The number of pyridine rings is 1. The van der Waals surface area contributed by atoms with Gasteiger partial charge in [0.25, 0.3) is 5.91 Å². The van der Waals surface area contributed by atoms with Crippen molar-refractivity contribution < 1.29 is 14.3 Å². The molecule has 210 valence electrons. The van der Waals surface area contributed by atoms with E-state index < -0.39 is 0 Å². The van der Waals surface area contributed by atoms with Crippen molar-refractivity contribution in [1.29, 1.82) is 0 Å². The van der Waals surface area contributed by atoms with Crippen LogP contribution < -0.4 is 4.74 Å². The fraction of sp³-hybridized carbons (Fsp3) is 0.286. The number of rotatable bonds is 11. The summed E-state index contributed by atoms with van der Waals surface area (Å²) >= 11 is 0. The number of ether oxygens (including phenoxy) is 1. The van der Waals surface area contributed by atoms with Crippen molar-refractivity contribution in [3.8, 4) is 16.9 Å². The lowest BCUT2D eigenvalue weighted by Gasteiger charge is -2.32. The number of likely N-dealkylation sites (N-methyl/N-ethyl adjacent to an activating group) is 1. The maximum atomic E-state index is 13.1. The van der Waals surface area contributed by atoms with Crippen LogP contribution in [-0.2, 0) is 24.1 Å². The van der Waals surface area contributed by atoms with Gasteiger partial charge in [0.2, 0.25) is 0 Å². The minimum absolute atomic E-state index is 0.0967. The first-order valence-electron chi connectivity index (χ1n) is 14.3. The number of nitrogens with zero attached hydrogens (tertiary/aromatic N) is 3. The van der Waals surface area contributed by atoms with Crippen LogP contribution >= 0.6 is 0 Å². The van der Waals surface area contributed by atoms with Gasteiger partial charge >= 0.3 is 0 Å². The van der Waals surface area contributed by atoms with Gasteiger partial charge in [-0.15, -0.1) is 0 Å². The molecule has 1 aromatic heterocycles. The first-order chi connectivity index (χ1) is 20.0. The molecule has 0 saturated carbocycles. The third-order valence-electron chi connectivity index (χ3n) is 7.61. The zero-order valence-electron chi connectivity index (χ0n) is 23.7. The number of ketones is 1. The van der Waals surface area contributed by atoms with E-state index in [-0.39, 0.29) is 11.7 Å². The third kappa shape index (κ3) is 7.89. The number of benzene rings is 3. The molecule has 6 heteroatoms. The Bertz CT molecular complexity index is 1450. The van der Waals surface area contributed by atoms with Crippen LogP contribution in [0.1, 0.15) is 33.5 Å². The molecule has 0 atom stereocenters. The van der Waals surface area contributed by atoms with Crippen molar-refractivity contribution in [2.75, 3.05) is 39.8 Å². The van der Waals surface area contributed by atoms with Crippen molar-refractivity contribution in [2.24, 2.45) is 0 Å². The van der Waals surface area contributed by atoms with Gasteiger partial charge < -0.3 is 14.5 Å². The molecule has 1 fully saturated rings. The monoisotopic (exact) mass is 547 g/mol. The number of aromatic nitrogens is 1. The lowest BCUT2D eigenvalue weighted by Crippen LogP contribution is -2.47. The second-order valence-electron chi connectivity index (χ2n) is 10.7. The van der Waals surface area contributed by atoms with Gasteiger partial charge in [-0.05, 0) is 71.6 Å². The van der Waals surface area contributed by atoms with Crippen LogP contribution in [0.25, 0.3) is 11.1 Å². The number of piperazine rings is 1. The molecule has 0 unspecified atom stereocenters. The standard InChI is InChI=1S/C35H37N3O3/c1-37-19-21-38(22-20-37)35(40)31-9-4-8-30(25-31)34-10-3-2-7-29(34)17-23-41-33-15-12-27(13-16-33)24-32(39)14-11-28-6-5-18-36-26-28/h2-10,12-13,15-16,18,25-26H,11,14,17,19-24H2,1H3. The molecule has 3 aromatic carbocycles. The maximum absolute atomic E-state index is 13.1. The van der Waals surface area contributed by atoms with E-state index >= 15 is 0 Å². The van der Waals surface area contributed by atoms with Crippen LogP contribution in [0.3, 0.4) is 0 Å². The van der Waals surface area contributed by atoms with Crippen LogP contribution in [-0.4, -0.2) is 66.3 Å². The molecule has 4 aromatic rings. The molecule has 0 aliphatic carbocycles. The van der Waals surface area contributed by atoms with Gasteiger partial charge in [-0.2, -0.15) is 0 Å². The van der Waals surface area contributed by atoms with Crippen molar-refractivity contribution in [2.45, 2.75) is 25.7 Å². The lowest BCUT2D eigenvalue weighted by atomic mass is 9.96. The number of aryl methyl sites for hydroxylation is 1. The van der Waals surface area contributed by atoms with E-state index in [2.05, 4.69) is 35.1 Å². The van der Waals surface area contributed by atoms with Crippen LogP contribution in [0.2, 0.25) is 0 Å². The fourth-order valence-electron chi connectivity index (χ4n) is 5.16. The zero-order valence-corrected chi connectivity index (χ0v) is 23.7. The average molecular weight is 548 g/mol. The van der Waals surface area contributed by atoms with Crippen molar-refractivity contribution >= 4 is 11.7 Å². The van der Waals surface area contributed by atoms with E-state index in [9.17, 15) is 9.59 Å². The molecule has 1 aliphatic heterocycles. The molecule has 0 radical (unpaired) electrons. The van der Waals surface area contributed by atoms with Gasteiger partial charge in [0.1, 0.15) is 11.5 Å². The quantitative estimate of drug-likeness (QED) is 0.248. The van der Waals surface area contributed by atoms with Gasteiger partial charge in [-0.25, -0.2) is 0 Å². The second kappa shape index (κ2) is 13.9. The van der Waals surface area contributed by atoms with Crippen molar-refractivity contribution in [3.63, 3.8) is 0 Å². The molecule has 1 amide bonds. The zero-order chi connectivity index (χ0) is 28.4. The van der Waals surface area contributed by atoms with Crippen LogP contribution in [0, 0.1) is 0 Å². The minimum atomic E-state index is 0.0967. The Balaban J connectivity index is 1.15. The highest BCUT2D eigenvalue weighted by Crippen LogP contribution is 2.26. The predicted octanol–water partition coefficient (Wildman–Crippen LogP) is 5.50. The number of amides is 1. The topological polar surface area (TPSA) is 62.7 Å². The van der Waals surface area contributed by atoms with Gasteiger partial charge in [0.15, 0.2) is 0 Å². The van der Waals surface area contributed by atoms with E-state index in [0.717, 1.165) is 66.2 Å². The van der Waals surface area contributed by atoms with Gasteiger partial charge in [-0.1, -0.05) is 54.6 Å². The highest BCUT2D eigenvalue weighted by molar-refractivity contribution is 5.95. The maximum Gasteiger partial charge on any atom is 0.253 e. The fourth-order valence-corrected chi connectivity index (χ4v) is 5.16. The molecule has 1 aliphatic rings. The number of carbonyl (C=O) groups excluding carboxylic acids is 2. The summed E-state index contributed by atoms with van der Waals surface area (Å²) in [6.07, 6.45) is 5.94. The Morgan fingerprint density at radius 3 is 2.41 bits per heavy atom. The SMILES string of the molecule is CN1CCN(C(=O)c2cccc(-c3ccccc3CCOc3ccc(CC(=O)CCc4cccnc4)cc3)c2)CC1. The Kier molecular flexibility index (Phi) is 9.55. The van der Waals surface area contributed by atoms with Crippen LogP contribution in [0.15, 0.2) is 97.3 Å². The van der Waals surface area contributed by atoms with E-state index in [1.807, 2.05) is 77.8 Å². The summed E-state index contributed by atoms with van der Waals surface area (Å²) in [5.74, 6) is 1.10. The summed E-state index contributed by atoms with van der Waals surface area (Å²) in [5.41, 5.74) is 6.13. The molecule has 2 heterocycles. The van der Waals surface area contributed by atoms with E-state index in [1.54, 1.807) is 6.20 Å². The molecule has 1 saturated heterocycles. The highest BCUT2D eigenvalue weighted by atomic mass is 16.5. The molecule has 0 N–H and O–H groups in total. The van der Waals surface area contributed by atoms with E-state index in [4.69, 9.17) is 4.74 Å². The van der Waals surface area contributed by atoms with Gasteiger partial charge in [0.05, 0.1) is 6.61 Å². The summed E-state index contributed by atoms with van der Waals surface area (Å²) in [5, 5.41) is 0. The van der Waals surface area contributed by atoms with Crippen molar-refractivity contribution in [1.82, 2.24) is 14.8 Å². The Morgan fingerprint density at radius 2 is 1.63 bits per heavy atom. The molecule has 5 rings (SSSR count). The first kappa shape index (κ1) is 28.2. The van der Waals surface area contributed by atoms with Crippen LogP contribution in [0.5, 0.6) is 5.75 Å². The summed E-state index contributed by atoms with van der Waals surface area (Å²) in [4.78, 5) is 33.9. The van der Waals surface area contributed by atoms with Crippen molar-refractivity contribution in [3.05, 3.63) is 120 Å². The summed E-state index contributed by atoms with van der Waals surface area (Å²) in [6.45, 7) is 3.86. The molecule has 41 heavy (non-hydrogen) atoms. The summed E-state index contributed by atoms with van der Waals surface area (Å²) < 4.78 is 6.06. The number of Topliss-reactive ketones (excluding diaryl/α,β-unsaturated/α-hetero) is 1. The Labute approximate surface area is 242 Å². The molecule has 0 spiro atoms. The Hall–Kier alpha value is -4.29. The smallest absolute Gasteiger partial charge is 0.253 e. The first-order valence-corrected chi connectivity index (χ1v) is 14.3. The molecule has 6 nitrogen and oxygen atoms in total. The molecular formula is C35H37N3O3. The minimum Gasteiger partial charge on any atom is -0.493 e. The summed E-state index contributed by atoms with van der Waals surface area (Å²) in [6, 6.07) is 27.9. The second-order valence-corrected chi connectivity index (χ2v) is 10.7. The summed E-state index contributed by atoms with van der Waals surface area (Å²) in [7, 11) is 2.09. The number of hydrogen-bond donors (Lipinski definition) is 0. The highest BCUT2D eigenvalue weighted by Gasteiger charge is 2.20. The largest absolute Gasteiger partial charge is 0.493 e. The van der Waals surface area contributed by atoms with E-state index in [0.29, 0.717) is 25.9 Å². The van der Waals surface area contributed by atoms with Crippen LogP contribution in [0.4, 0.5) is 0 Å². The Morgan fingerprint density at radius 1 is 0.829 bits per heavy atom. The van der Waals surface area contributed by atoms with Gasteiger partial charge in [-0.3, -0.25) is 14.6 Å². The molecular weight excluding hydrogens is 510 g/mol. The third-order valence-corrected chi connectivity index (χ3v) is 7.61. The normalized spacial score (nSPS) is 13.6. The number of hydrogen-bond acceptors (Lipinski definition) is 5. The lowest BCUT2D eigenvalue weighted by molar-refractivity contribution is -0.118. The average Bonchev–Trinajstić information content (AvgIpc) is 3.02. The molecule has 0 bridgehead atoms.